The van der Waals surface area contributed by atoms with E-state index in [1.54, 1.807) is 12.1 Å². The minimum absolute atomic E-state index is 0.104. The Labute approximate surface area is 122 Å². The molecule has 0 atom stereocenters. The number of nitrogens with one attached hydrogen (secondary N) is 1. The van der Waals surface area contributed by atoms with Crippen molar-refractivity contribution in [3.05, 3.63) is 69.7 Å². The first kappa shape index (κ1) is 14.6. The minimum Gasteiger partial charge on any atom is -0.269 e. The average Bonchev–Trinajstić information content (AvgIpc) is 2.38. The Kier molecular flexibility index (Phi) is 4.81. The van der Waals surface area contributed by atoms with Crippen LogP contribution in [-0.2, 0) is 11.4 Å². The molecule has 1 N–H and O–H groups in total. The molecule has 0 aromatic heterocycles. The fourth-order valence-electron chi connectivity index (χ4n) is 1.57. The number of benzene rings is 2. The SMILES string of the molecule is O=C(NOCc1ccccc1)c1c(F)cc(Br)cc1F. The molecule has 0 saturated heterocycles. The molecule has 0 unspecified atom stereocenters. The fraction of sp³-hybridized carbons (Fsp3) is 0.0714. The zero-order valence-electron chi connectivity index (χ0n) is 10.2. The summed E-state index contributed by atoms with van der Waals surface area (Å²) in [7, 11) is 0. The predicted molar refractivity (Wildman–Crippen MR) is 72.8 cm³/mol. The summed E-state index contributed by atoms with van der Waals surface area (Å²) in [6.07, 6.45) is 0. The Hall–Kier alpha value is -1.79. The van der Waals surface area contributed by atoms with E-state index in [1.165, 1.54) is 0 Å². The van der Waals surface area contributed by atoms with Crippen LogP contribution in [-0.4, -0.2) is 5.91 Å². The van der Waals surface area contributed by atoms with Crippen molar-refractivity contribution >= 4 is 21.8 Å². The lowest BCUT2D eigenvalue weighted by Crippen LogP contribution is -2.25. The molecule has 0 spiro atoms. The van der Waals surface area contributed by atoms with E-state index >= 15 is 0 Å². The van der Waals surface area contributed by atoms with Crippen molar-refractivity contribution in [1.29, 1.82) is 0 Å². The topological polar surface area (TPSA) is 38.3 Å². The van der Waals surface area contributed by atoms with E-state index in [0.717, 1.165) is 17.7 Å². The van der Waals surface area contributed by atoms with Gasteiger partial charge in [-0.15, -0.1) is 0 Å². The largest absolute Gasteiger partial charge is 0.280 e. The number of amides is 1. The minimum atomic E-state index is -0.969. The summed E-state index contributed by atoms with van der Waals surface area (Å²) in [6.45, 7) is 0.104. The molecule has 6 heteroatoms. The standard InChI is InChI=1S/C14H10BrF2NO2/c15-10-6-11(16)13(12(17)7-10)14(19)18-20-8-9-4-2-1-3-5-9/h1-7H,8H2,(H,18,19). The number of halogens is 3. The van der Waals surface area contributed by atoms with Gasteiger partial charge in [-0.25, -0.2) is 14.3 Å². The van der Waals surface area contributed by atoms with Crippen molar-refractivity contribution in [2.75, 3.05) is 0 Å². The van der Waals surface area contributed by atoms with Crippen molar-refractivity contribution in [3.8, 4) is 0 Å². The highest BCUT2D eigenvalue weighted by Crippen LogP contribution is 2.19. The lowest BCUT2D eigenvalue weighted by atomic mass is 10.2. The maximum Gasteiger partial charge on any atom is 0.280 e. The van der Waals surface area contributed by atoms with Crippen LogP contribution in [0.2, 0.25) is 0 Å². The van der Waals surface area contributed by atoms with Gasteiger partial charge in [-0.2, -0.15) is 0 Å². The molecule has 0 aliphatic carbocycles. The number of hydrogen-bond acceptors (Lipinski definition) is 2. The Morgan fingerprint density at radius 2 is 1.75 bits per heavy atom. The molecule has 3 nitrogen and oxygen atoms in total. The van der Waals surface area contributed by atoms with Crippen LogP contribution in [0.3, 0.4) is 0 Å². The quantitative estimate of drug-likeness (QED) is 0.863. The van der Waals surface area contributed by atoms with Gasteiger partial charge in [-0.05, 0) is 17.7 Å². The van der Waals surface area contributed by atoms with Gasteiger partial charge < -0.3 is 0 Å². The first-order valence-electron chi connectivity index (χ1n) is 5.68. The second kappa shape index (κ2) is 6.58. The molecular formula is C14H10BrF2NO2. The first-order valence-corrected chi connectivity index (χ1v) is 6.48. The van der Waals surface area contributed by atoms with E-state index in [0.29, 0.717) is 0 Å². The Morgan fingerprint density at radius 3 is 2.35 bits per heavy atom. The molecule has 2 aromatic rings. The Morgan fingerprint density at radius 1 is 1.15 bits per heavy atom. The van der Waals surface area contributed by atoms with Crippen molar-refractivity contribution in [2.24, 2.45) is 0 Å². The Balaban J connectivity index is 1.99. The van der Waals surface area contributed by atoms with E-state index < -0.39 is 23.1 Å². The second-order valence-corrected chi connectivity index (χ2v) is 4.87. The van der Waals surface area contributed by atoms with Crippen molar-refractivity contribution < 1.29 is 18.4 Å². The molecule has 20 heavy (non-hydrogen) atoms. The number of carbonyl (C=O) groups is 1. The van der Waals surface area contributed by atoms with Gasteiger partial charge in [-0.1, -0.05) is 46.3 Å². The van der Waals surface area contributed by atoms with E-state index in [-0.39, 0.29) is 11.1 Å². The van der Waals surface area contributed by atoms with E-state index in [2.05, 4.69) is 15.9 Å². The van der Waals surface area contributed by atoms with Crippen LogP contribution in [0.15, 0.2) is 46.9 Å². The number of rotatable bonds is 4. The number of carbonyl (C=O) groups excluding carboxylic acids is 1. The van der Waals surface area contributed by atoms with Crippen molar-refractivity contribution in [3.63, 3.8) is 0 Å². The van der Waals surface area contributed by atoms with Crippen LogP contribution >= 0.6 is 15.9 Å². The van der Waals surface area contributed by atoms with Gasteiger partial charge in [0.2, 0.25) is 0 Å². The predicted octanol–water partition coefficient (Wildman–Crippen LogP) is 3.59. The van der Waals surface area contributed by atoms with Crippen molar-refractivity contribution in [2.45, 2.75) is 6.61 Å². The highest BCUT2D eigenvalue weighted by molar-refractivity contribution is 9.10. The third kappa shape index (κ3) is 3.61. The lowest BCUT2D eigenvalue weighted by molar-refractivity contribution is 0.0227. The third-order valence-corrected chi connectivity index (χ3v) is 2.94. The Bertz CT molecular complexity index is 597. The molecule has 2 aromatic carbocycles. The monoisotopic (exact) mass is 341 g/mol. The summed E-state index contributed by atoms with van der Waals surface area (Å²) in [5.41, 5.74) is 2.16. The number of hydrogen-bond donors (Lipinski definition) is 1. The normalized spacial score (nSPS) is 10.3. The maximum absolute atomic E-state index is 13.5. The fourth-order valence-corrected chi connectivity index (χ4v) is 1.97. The van der Waals surface area contributed by atoms with Gasteiger partial charge in [-0.3, -0.25) is 9.63 Å². The highest BCUT2D eigenvalue weighted by Gasteiger charge is 2.18. The van der Waals surface area contributed by atoms with Crippen LogP contribution in [0.4, 0.5) is 8.78 Å². The average molecular weight is 342 g/mol. The summed E-state index contributed by atoms with van der Waals surface area (Å²) < 4.78 is 27.3. The molecule has 0 heterocycles. The lowest BCUT2D eigenvalue weighted by Gasteiger charge is -2.08. The summed E-state index contributed by atoms with van der Waals surface area (Å²) >= 11 is 2.94. The smallest absolute Gasteiger partial charge is 0.269 e. The molecule has 0 radical (unpaired) electrons. The van der Waals surface area contributed by atoms with Crippen LogP contribution in [0.1, 0.15) is 15.9 Å². The van der Waals surface area contributed by atoms with Gasteiger partial charge in [0.15, 0.2) is 0 Å². The summed E-state index contributed by atoms with van der Waals surface area (Å²) in [5, 5.41) is 0. The van der Waals surface area contributed by atoms with Gasteiger partial charge in [0.25, 0.3) is 5.91 Å². The van der Waals surface area contributed by atoms with Crippen LogP contribution in [0.25, 0.3) is 0 Å². The molecule has 104 valence electrons. The molecule has 1 amide bonds. The second-order valence-electron chi connectivity index (χ2n) is 3.95. The summed E-state index contributed by atoms with van der Waals surface area (Å²) in [4.78, 5) is 16.6. The maximum atomic E-state index is 13.5. The van der Waals surface area contributed by atoms with Gasteiger partial charge in [0.05, 0.1) is 6.61 Å². The molecule has 2 rings (SSSR count). The molecule has 0 aliphatic heterocycles. The van der Waals surface area contributed by atoms with Crippen LogP contribution in [0.5, 0.6) is 0 Å². The van der Waals surface area contributed by atoms with Gasteiger partial charge in [0, 0.05) is 4.47 Å². The van der Waals surface area contributed by atoms with E-state index in [9.17, 15) is 13.6 Å². The molecule has 0 saturated carbocycles. The molecule has 0 fully saturated rings. The zero-order valence-corrected chi connectivity index (χ0v) is 11.8. The molecular weight excluding hydrogens is 332 g/mol. The van der Waals surface area contributed by atoms with E-state index in [4.69, 9.17) is 4.84 Å². The van der Waals surface area contributed by atoms with Crippen molar-refractivity contribution in [1.82, 2.24) is 5.48 Å². The van der Waals surface area contributed by atoms with E-state index in [1.807, 2.05) is 23.7 Å². The molecule has 0 aliphatic rings. The number of hydroxylamine groups is 1. The third-order valence-electron chi connectivity index (χ3n) is 2.48. The highest BCUT2D eigenvalue weighted by atomic mass is 79.9. The molecule has 0 bridgehead atoms. The van der Waals surface area contributed by atoms with Crippen LogP contribution < -0.4 is 5.48 Å². The zero-order chi connectivity index (χ0) is 14.5. The first-order chi connectivity index (χ1) is 9.58. The van der Waals surface area contributed by atoms with Gasteiger partial charge >= 0.3 is 0 Å². The van der Waals surface area contributed by atoms with Gasteiger partial charge in [0.1, 0.15) is 17.2 Å². The summed E-state index contributed by atoms with van der Waals surface area (Å²) in [6, 6.07) is 11.1. The summed E-state index contributed by atoms with van der Waals surface area (Å²) in [5.74, 6) is -2.89. The van der Waals surface area contributed by atoms with Crippen LogP contribution in [0, 0.1) is 11.6 Å².